The number of aromatic nitrogens is 2. The number of carbonyl (C=O) groups is 1. The standard InChI is InChI=1S/C18H14F3N3O3S/c1-10-4-3-5-15(16(10)21)28(26,27)23-18(25)13-9-24(2)22-17(13)12-7-6-11(19)8-14(12)20/h3-9H,1-2H3,(H,23,25). The number of amides is 1. The Morgan fingerprint density at radius 1 is 1.14 bits per heavy atom. The van der Waals surface area contributed by atoms with E-state index in [1.165, 1.54) is 37.0 Å². The topological polar surface area (TPSA) is 81.1 Å². The first-order valence-corrected chi connectivity index (χ1v) is 9.40. The van der Waals surface area contributed by atoms with E-state index >= 15 is 0 Å². The number of sulfonamides is 1. The zero-order valence-corrected chi connectivity index (χ0v) is 15.5. The molecule has 0 saturated carbocycles. The molecule has 6 nitrogen and oxygen atoms in total. The van der Waals surface area contributed by atoms with Gasteiger partial charge in [-0.3, -0.25) is 9.48 Å². The smallest absolute Gasteiger partial charge is 0.268 e. The van der Waals surface area contributed by atoms with Crippen molar-refractivity contribution in [2.24, 2.45) is 7.05 Å². The van der Waals surface area contributed by atoms with E-state index in [0.29, 0.717) is 6.07 Å². The van der Waals surface area contributed by atoms with Crippen LogP contribution in [0.4, 0.5) is 13.2 Å². The molecule has 1 amide bonds. The van der Waals surface area contributed by atoms with Gasteiger partial charge < -0.3 is 0 Å². The number of nitrogens with zero attached hydrogens (tertiary/aromatic N) is 2. The highest BCUT2D eigenvalue weighted by Gasteiger charge is 2.27. The monoisotopic (exact) mass is 409 g/mol. The lowest BCUT2D eigenvalue weighted by atomic mass is 10.1. The van der Waals surface area contributed by atoms with Gasteiger partial charge in [-0.05, 0) is 30.7 Å². The number of rotatable bonds is 4. The molecule has 2 aromatic carbocycles. The molecule has 0 bridgehead atoms. The van der Waals surface area contributed by atoms with Crippen LogP contribution < -0.4 is 4.72 Å². The molecule has 0 atom stereocenters. The van der Waals surface area contributed by atoms with E-state index in [4.69, 9.17) is 0 Å². The third kappa shape index (κ3) is 3.63. The van der Waals surface area contributed by atoms with Crippen molar-refractivity contribution in [2.45, 2.75) is 11.8 Å². The van der Waals surface area contributed by atoms with E-state index in [1.807, 2.05) is 0 Å². The van der Waals surface area contributed by atoms with Crippen molar-refractivity contribution in [3.05, 3.63) is 71.2 Å². The van der Waals surface area contributed by atoms with E-state index in [-0.39, 0.29) is 22.4 Å². The van der Waals surface area contributed by atoms with Gasteiger partial charge in [0.2, 0.25) is 0 Å². The third-order valence-electron chi connectivity index (χ3n) is 3.93. The summed E-state index contributed by atoms with van der Waals surface area (Å²) in [6, 6.07) is 6.41. The normalized spacial score (nSPS) is 11.5. The first-order chi connectivity index (χ1) is 13.1. The Bertz CT molecular complexity index is 1190. The van der Waals surface area contributed by atoms with Gasteiger partial charge in [0.1, 0.15) is 28.0 Å². The molecule has 146 valence electrons. The summed E-state index contributed by atoms with van der Waals surface area (Å²) in [6.07, 6.45) is 1.18. The lowest BCUT2D eigenvalue weighted by Crippen LogP contribution is -2.31. The highest BCUT2D eigenvalue weighted by molar-refractivity contribution is 7.90. The van der Waals surface area contributed by atoms with Crippen molar-refractivity contribution >= 4 is 15.9 Å². The Morgan fingerprint density at radius 2 is 1.86 bits per heavy atom. The Balaban J connectivity index is 2.01. The summed E-state index contributed by atoms with van der Waals surface area (Å²) in [5.74, 6) is -3.91. The summed E-state index contributed by atoms with van der Waals surface area (Å²) in [5, 5.41) is 3.95. The molecule has 3 aromatic rings. The molecule has 0 aliphatic rings. The fourth-order valence-corrected chi connectivity index (χ4v) is 3.71. The second-order valence-corrected chi connectivity index (χ2v) is 7.66. The highest BCUT2D eigenvalue weighted by atomic mass is 32.2. The van der Waals surface area contributed by atoms with Gasteiger partial charge in [0.25, 0.3) is 15.9 Å². The summed E-state index contributed by atoms with van der Waals surface area (Å²) >= 11 is 0. The molecule has 1 aromatic heterocycles. The van der Waals surface area contributed by atoms with Crippen LogP contribution in [0.1, 0.15) is 15.9 Å². The van der Waals surface area contributed by atoms with E-state index in [0.717, 1.165) is 18.2 Å². The van der Waals surface area contributed by atoms with Gasteiger partial charge in [-0.15, -0.1) is 0 Å². The molecule has 0 radical (unpaired) electrons. The quantitative estimate of drug-likeness (QED) is 0.719. The van der Waals surface area contributed by atoms with Gasteiger partial charge in [-0.2, -0.15) is 5.10 Å². The van der Waals surface area contributed by atoms with Gasteiger partial charge in [0, 0.05) is 24.9 Å². The molecule has 1 N–H and O–H groups in total. The molecule has 0 spiro atoms. The first-order valence-electron chi connectivity index (χ1n) is 7.91. The van der Waals surface area contributed by atoms with Crippen LogP contribution in [-0.2, 0) is 17.1 Å². The average molecular weight is 409 g/mol. The lowest BCUT2D eigenvalue weighted by Gasteiger charge is -2.09. The molecule has 28 heavy (non-hydrogen) atoms. The maximum atomic E-state index is 14.2. The van der Waals surface area contributed by atoms with Gasteiger partial charge in [0.05, 0.1) is 5.56 Å². The number of aryl methyl sites for hydroxylation is 2. The van der Waals surface area contributed by atoms with Crippen LogP contribution in [0.2, 0.25) is 0 Å². The summed E-state index contributed by atoms with van der Waals surface area (Å²) in [5.41, 5.74) is -0.556. The van der Waals surface area contributed by atoms with E-state index < -0.39 is 38.3 Å². The van der Waals surface area contributed by atoms with E-state index in [2.05, 4.69) is 5.10 Å². The van der Waals surface area contributed by atoms with E-state index in [9.17, 15) is 26.4 Å². The number of halogens is 3. The molecular formula is C18H14F3N3O3S. The maximum Gasteiger partial charge on any atom is 0.268 e. The van der Waals surface area contributed by atoms with Crippen molar-refractivity contribution < 1.29 is 26.4 Å². The van der Waals surface area contributed by atoms with Crippen molar-refractivity contribution in [3.8, 4) is 11.3 Å². The van der Waals surface area contributed by atoms with Crippen LogP contribution in [-0.4, -0.2) is 24.1 Å². The molecule has 0 aliphatic carbocycles. The predicted octanol–water partition coefficient (Wildman–Crippen LogP) is 2.93. The van der Waals surface area contributed by atoms with Gasteiger partial charge in [-0.1, -0.05) is 12.1 Å². The summed E-state index contributed by atoms with van der Waals surface area (Å²) in [7, 11) is -3.09. The second kappa shape index (κ2) is 7.12. The van der Waals surface area contributed by atoms with Crippen molar-refractivity contribution in [1.82, 2.24) is 14.5 Å². The predicted molar refractivity (Wildman–Crippen MR) is 94.3 cm³/mol. The van der Waals surface area contributed by atoms with Crippen LogP contribution in [0.5, 0.6) is 0 Å². The Morgan fingerprint density at radius 3 is 2.54 bits per heavy atom. The van der Waals surface area contributed by atoms with Crippen LogP contribution in [0.15, 0.2) is 47.5 Å². The zero-order chi connectivity index (χ0) is 20.6. The van der Waals surface area contributed by atoms with Crippen molar-refractivity contribution in [1.29, 1.82) is 0 Å². The zero-order valence-electron chi connectivity index (χ0n) is 14.7. The van der Waals surface area contributed by atoms with Crippen LogP contribution in [0.25, 0.3) is 11.3 Å². The summed E-state index contributed by atoms with van der Waals surface area (Å²) in [4.78, 5) is 11.9. The van der Waals surface area contributed by atoms with Crippen molar-refractivity contribution in [3.63, 3.8) is 0 Å². The number of nitrogens with one attached hydrogen (secondary N) is 1. The minimum Gasteiger partial charge on any atom is -0.274 e. The van der Waals surface area contributed by atoms with Crippen molar-refractivity contribution in [2.75, 3.05) is 0 Å². The molecule has 0 unspecified atom stereocenters. The molecule has 10 heteroatoms. The minimum absolute atomic E-state index is 0.0887. The Kier molecular flexibility index (Phi) is 4.99. The Labute approximate surface area is 158 Å². The van der Waals surface area contributed by atoms with E-state index in [1.54, 1.807) is 4.72 Å². The summed E-state index contributed by atoms with van der Waals surface area (Å²) < 4.78 is 69.2. The van der Waals surface area contributed by atoms with Crippen LogP contribution in [0.3, 0.4) is 0 Å². The number of hydrogen-bond acceptors (Lipinski definition) is 4. The van der Waals surface area contributed by atoms with Crippen LogP contribution >= 0.6 is 0 Å². The fraction of sp³-hybridized carbons (Fsp3) is 0.111. The van der Waals surface area contributed by atoms with Gasteiger partial charge in [-0.25, -0.2) is 26.3 Å². The van der Waals surface area contributed by atoms with Gasteiger partial charge >= 0.3 is 0 Å². The van der Waals surface area contributed by atoms with Gasteiger partial charge in [0.15, 0.2) is 0 Å². The third-order valence-corrected chi connectivity index (χ3v) is 5.28. The first kappa shape index (κ1) is 19.6. The number of hydrogen-bond donors (Lipinski definition) is 1. The number of carbonyl (C=O) groups excluding carboxylic acids is 1. The fourth-order valence-electron chi connectivity index (χ4n) is 2.60. The molecule has 3 rings (SSSR count). The average Bonchev–Trinajstić information content (AvgIpc) is 2.98. The molecular weight excluding hydrogens is 395 g/mol. The number of benzene rings is 2. The lowest BCUT2D eigenvalue weighted by molar-refractivity contribution is 0.0982. The second-order valence-electron chi connectivity index (χ2n) is 6.01. The molecule has 0 saturated heterocycles. The van der Waals surface area contributed by atoms with Crippen LogP contribution in [0, 0.1) is 24.4 Å². The maximum absolute atomic E-state index is 14.2. The molecule has 0 fully saturated rings. The SMILES string of the molecule is Cc1cccc(S(=O)(=O)NC(=O)c2cn(C)nc2-c2ccc(F)cc2F)c1F. The summed E-state index contributed by atoms with van der Waals surface area (Å²) in [6.45, 7) is 1.38. The largest absolute Gasteiger partial charge is 0.274 e. The molecule has 0 aliphatic heterocycles. The Hall–Kier alpha value is -3.14. The molecule has 1 heterocycles. The minimum atomic E-state index is -4.53. The highest BCUT2D eigenvalue weighted by Crippen LogP contribution is 2.26.